The van der Waals surface area contributed by atoms with Crippen LogP contribution >= 0.6 is 0 Å². The van der Waals surface area contributed by atoms with Crippen LogP contribution in [0.1, 0.15) is 28.2 Å². The van der Waals surface area contributed by atoms with E-state index >= 15 is 0 Å². The molecule has 148 valence electrons. The highest BCUT2D eigenvalue weighted by Crippen LogP contribution is 2.16. The van der Waals surface area contributed by atoms with Crippen LogP contribution in [0.15, 0.2) is 63.2 Å². The summed E-state index contributed by atoms with van der Waals surface area (Å²) in [5.41, 5.74) is 3.94. The first-order valence-corrected chi connectivity index (χ1v) is 9.59. The molecule has 0 bridgehead atoms. The van der Waals surface area contributed by atoms with Gasteiger partial charge in [-0.05, 0) is 42.1 Å². The number of amides is 1. The summed E-state index contributed by atoms with van der Waals surface area (Å²) < 4.78 is 1.69. The Bertz CT molecular complexity index is 1470. The number of nitrogens with one attached hydrogen (secondary N) is 2. The number of nitrogens with zero attached hydrogens (tertiary/aromatic N) is 3. The summed E-state index contributed by atoms with van der Waals surface area (Å²) in [5.74, 6) is 0.298. The first kappa shape index (κ1) is 18.0. The van der Waals surface area contributed by atoms with Crippen molar-refractivity contribution in [2.45, 2.75) is 19.4 Å². The van der Waals surface area contributed by atoms with Crippen LogP contribution in [0, 0.1) is 0 Å². The Morgan fingerprint density at radius 2 is 2.03 bits per heavy atom. The van der Waals surface area contributed by atoms with E-state index < -0.39 is 5.91 Å². The van der Waals surface area contributed by atoms with Gasteiger partial charge in [0.25, 0.3) is 17.0 Å². The predicted octanol–water partition coefficient (Wildman–Crippen LogP) is 1.95. The number of hydrazone groups is 1. The molecule has 5 rings (SSSR count). The second-order valence-electron chi connectivity index (χ2n) is 7.16. The molecule has 0 unspecified atom stereocenters. The average molecular weight is 399 g/mol. The van der Waals surface area contributed by atoms with Crippen LogP contribution < -0.4 is 16.5 Å². The number of fused-ring (bicyclic) bond motifs is 3. The molecule has 2 aromatic carbocycles. The minimum Gasteiger partial charge on any atom is -0.321 e. The number of aromatic amines is 1. The Morgan fingerprint density at radius 3 is 2.93 bits per heavy atom. The molecular weight excluding hydrogens is 382 g/mol. The molecule has 0 spiro atoms. The molecule has 0 aliphatic carbocycles. The minimum absolute atomic E-state index is 0.0759. The van der Waals surface area contributed by atoms with Crippen molar-refractivity contribution < 1.29 is 4.79 Å². The molecular formula is C22H17N5O3. The third-order valence-corrected chi connectivity index (χ3v) is 5.23. The predicted molar refractivity (Wildman–Crippen MR) is 114 cm³/mol. The summed E-state index contributed by atoms with van der Waals surface area (Å²) in [6.07, 6.45) is 2.96. The van der Waals surface area contributed by atoms with Crippen molar-refractivity contribution in [3.05, 3.63) is 86.2 Å². The average Bonchev–Trinajstić information content (AvgIpc) is 3.22. The third kappa shape index (κ3) is 3.08. The summed E-state index contributed by atoms with van der Waals surface area (Å²) >= 11 is 0. The van der Waals surface area contributed by atoms with Gasteiger partial charge in [0, 0.05) is 24.0 Å². The molecule has 1 aliphatic rings. The van der Waals surface area contributed by atoms with Crippen LogP contribution in [0.25, 0.3) is 21.8 Å². The van der Waals surface area contributed by atoms with Gasteiger partial charge in [0.15, 0.2) is 0 Å². The largest absolute Gasteiger partial charge is 0.321 e. The molecule has 3 heterocycles. The van der Waals surface area contributed by atoms with Crippen molar-refractivity contribution in [2.24, 2.45) is 5.10 Å². The first-order valence-electron chi connectivity index (χ1n) is 9.59. The van der Waals surface area contributed by atoms with Gasteiger partial charge in [0.2, 0.25) is 0 Å². The maximum Gasteiger partial charge on any atom is 0.271 e. The number of carbonyl (C=O) groups excluding carboxylic acids is 1. The van der Waals surface area contributed by atoms with Crippen molar-refractivity contribution in [1.29, 1.82) is 0 Å². The van der Waals surface area contributed by atoms with Crippen LogP contribution in [0.2, 0.25) is 0 Å². The fraction of sp³-hybridized carbons (Fsp3) is 0.136. The van der Waals surface area contributed by atoms with Crippen molar-refractivity contribution >= 4 is 33.9 Å². The van der Waals surface area contributed by atoms with Crippen LogP contribution in [0.4, 0.5) is 0 Å². The zero-order valence-corrected chi connectivity index (χ0v) is 15.9. The van der Waals surface area contributed by atoms with E-state index in [0.717, 1.165) is 29.6 Å². The fourth-order valence-corrected chi connectivity index (χ4v) is 3.71. The molecule has 1 aliphatic heterocycles. The van der Waals surface area contributed by atoms with Crippen LogP contribution in [-0.4, -0.2) is 26.7 Å². The van der Waals surface area contributed by atoms with E-state index in [0.29, 0.717) is 28.6 Å². The Kier molecular flexibility index (Phi) is 4.24. The molecule has 0 saturated carbocycles. The fourth-order valence-electron chi connectivity index (χ4n) is 3.71. The highest BCUT2D eigenvalue weighted by molar-refractivity contribution is 5.98. The zero-order valence-electron chi connectivity index (χ0n) is 15.9. The Morgan fingerprint density at radius 1 is 1.17 bits per heavy atom. The van der Waals surface area contributed by atoms with Crippen molar-refractivity contribution in [3.63, 3.8) is 0 Å². The van der Waals surface area contributed by atoms with Crippen molar-refractivity contribution in [2.75, 3.05) is 0 Å². The lowest BCUT2D eigenvalue weighted by atomic mass is 10.1. The van der Waals surface area contributed by atoms with Gasteiger partial charge in [-0.3, -0.25) is 19.0 Å². The number of pyridine rings is 1. The Hall–Kier alpha value is -4.07. The van der Waals surface area contributed by atoms with E-state index in [-0.39, 0.29) is 11.1 Å². The molecule has 2 aromatic heterocycles. The molecule has 0 saturated heterocycles. The minimum atomic E-state index is -0.451. The highest BCUT2D eigenvalue weighted by atomic mass is 16.2. The lowest BCUT2D eigenvalue weighted by Crippen LogP contribution is -2.22. The van der Waals surface area contributed by atoms with E-state index in [4.69, 9.17) is 0 Å². The molecule has 0 radical (unpaired) electrons. The van der Waals surface area contributed by atoms with Crippen LogP contribution in [0.3, 0.4) is 0 Å². The van der Waals surface area contributed by atoms with Crippen LogP contribution in [0.5, 0.6) is 0 Å². The molecule has 0 atom stereocenters. The van der Waals surface area contributed by atoms with Gasteiger partial charge in [0.1, 0.15) is 5.82 Å². The normalized spacial score (nSPS) is 13.2. The van der Waals surface area contributed by atoms with Crippen molar-refractivity contribution in [3.8, 4) is 0 Å². The number of hydrogen-bond donors (Lipinski definition) is 2. The molecule has 2 N–H and O–H groups in total. The number of H-pyrrole nitrogens is 1. The number of para-hydroxylation sites is 1. The van der Waals surface area contributed by atoms with Gasteiger partial charge in [-0.1, -0.05) is 18.2 Å². The topological polar surface area (TPSA) is 109 Å². The Labute approximate surface area is 169 Å². The summed E-state index contributed by atoms with van der Waals surface area (Å²) in [6.45, 7) is 0.683. The standard InChI is InChI=1S/C22H17N5O3/c28-20-15(10-13-4-1-2-5-17(13)25-20)12-23-26-21(29)14-7-8-16-18(11-14)24-19-6-3-9-27(19)22(16)30/h1-2,4-5,7-8,10-12H,3,6,9H2,(H,25,28)(H,26,29)/b23-12+. The van der Waals surface area contributed by atoms with E-state index in [1.165, 1.54) is 6.21 Å². The molecule has 8 heteroatoms. The number of hydrogen-bond acceptors (Lipinski definition) is 5. The molecule has 0 fully saturated rings. The number of carbonyl (C=O) groups is 1. The van der Waals surface area contributed by atoms with Gasteiger partial charge < -0.3 is 4.98 Å². The number of benzene rings is 2. The smallest absolute Gasteiger partial charge is 0.271 e. The second-order valence-corrected chi connectivity index (χ2v) is 7.16. The maximum atomic E-state index is 12.5. The van der Waals surface area contributed by atoms with Gasteiger partial charge in [0.05, 0.1) is 22.7 Å². The van der Waals surface area contributed by atoms with Crippen molar-refractivity contribution in [1.82, 2.24) is 20.0 Å². The lowest BCUT2D eigenvalue weighted by molar-refractivity contribution is 0.0955. The summed E-state index contributed by atoms with van der Waals surface area (Å²) in [4.78, 5) is 44.4. The maximum absolute atomic E-state index is 12.5. The van der Waals surface area contributed by atoms with Crippen LogP contribution in [-0.2, 0) is 13.0 Å². The molecule has 1 amide bonds. The number of rotatable bonds is 3. The second kappa shape index (κ2) is 7.07. The van der Waals surface area contributed by atoms with E-state index in [2.05, 4.69) is 20.5 Å². The Balaban J connectivity index is 1.40. The SMILES string of the molecule is O=C(N/N=C/c1cc2ccccc2[nH]c1=O)c1ccc2c(=O)n3c(nc2c1)CCC3. The van der Waals surface area contributed by atoms with Gasteiger partial charge in [-0.2, -0.15) is 5.10 Å². The monoisotopic (exact) mass is 399 g/mol. The number of aromatic nitrogens is 3. The van der Waals surface area contributed by atoms with E-state index in [1.807, 2.05) is 24.3 Å². The summed E-state index contributed by atoms with van der Waals surface area (Å²) in [7, 11) is 0. The zero-order chi connectivity index (χ0) is 20.7. The van der Waals surface area contributed by atoms with Gasteiger partial charge >= 0.3 is 0 Å². The van der Waals surface area contributed by atoms with E-state index in [9.17, 15) is 14.4 Å². The summed E-state index contributed by atoms with van der Waals surface area (Å²) in [5, 5.41) is 5.26. The van der Waals surface area contributed by atoms with Gasteiger partial charge in [-0.25, -0.2) is 10.4 Å². The molecule has 8 nitrogen and oxygen atoms in total. The third-order valence-electron chi connectivity index (χ3n) is 5.23. The molecule has 4 aromatic rings. The summed E-state index contributed by atoms with van der Waals surface area (Å²) in [6, 6.07) is 13.9. The number of aryl methyl sites for hydroxylation is 1. The quantitative estimate of drug-likeness (QED) is 0.405. The van der Waals surface area contributed by atoms with E-state index in [1.54, 1.807) is 28.8 Å². The first-order chi connectivity index (χ1) is 14.6. The lowest BCUT2D eigenvalue weighted by Gasteiger charge is -2.06. The molecule has 30 heavy (non-hydrogen) atoms. The highest BCUT2D eigenvalue weighted by Gasteiger charge is 2.17. The van der Waals surface area contributed by atoms with Gasteiger partial charge in [-0.15, -0.1) is 0 Å².